The first-order valence-electron chi connectivity index (χ1n) is 9.97. The molecule has 0 aliphatic carbocycles. The van der Waals surface area contributed by atoms with Crippen LogP contribution < -0.4 is 19.7 Å². The summed E-state index contributed by atoms with van der Waals surface area (Å²) in [5, 5.41) is 20.2. The topological polar surface area (TPSA) is 116 Å². The van der Waals surface area contributed by atoms with Crippen molar-refractivity contribution in [2.45, 2.75) is 12.3 Å². The van der Waals surface area contributed by atoms with Gasteiger partial charge in [-0.05, 0) is 12.1 Å². The monoisotopic (exact) mass is 476 g/mol. The summed E-state index contributed by atoms with van der Waals surface area (Å²) < 4.78 is 50.2. The largest absolute Gasteiger partial charge is 0.497 e. The summed E-state index contributed by atoms with van der Waals surface area (Å²) >= 11 is 0. The van der Waals surface area contributed by atoms with Gasteiger partial charge in [-0.25, -0.2) is 9.97 Å². The van der Waals surface area contributed by atoms with Crippen LogP contribution in [0.3, 0.4) is 0 Å². The summed E-state index contributed by atoms with van der Waals surface area (Å²) in [4.78, 5) is 14.3. The maximum atomic E-state index is 13.2. The number of benzene rings is 1. The van der Waals surface area contributed by atoms with Crippen LogP contribution in [-0.2, 0) is 0 Å². The number of hydrogen-bond donors (Lipinski definition) is 3. The Morgan fingerprint density at radius 1 is 1.18 bits per heavy atom. The van der Waals surface area contributed by atoms with Crippen molar-refractivity contribution in [2.75, 3.05) is 32.7 Å². The van der Waals surface area contributed by atoms with Crippen molar-refractivity contribution in [2.24, 2.45) is 0 Å². The number of aliphatic hydroxyl groups excluding tert-OH is 1. The average Bonchev–Trinajstić information content (AvgIpc) is 2.83. The SMILES string of the molecule is CN/C=C(\C=N)c1cnc2ccc(N(CC(O)C(F)(F)F)c3cc(OC)cc(OC)c3)nc2n1. The number of nitrogens with one attached hydrogen (secondary N) is 2. The molecule has 0 bridgehead atoms. The number of halogens is 3. The van der Waals surface area contributed by atoms with E-state index in [1.165, 1.54) is 43.5 Å². The molecule has 0 fully saturated rings. The van der Waals surface area contributed by atoms with Gasteiger partial charge >= 0.3 is 6.18 Å². The average molecular weight is 476 g/mol. The number of ether oxygens (including phenoxy) is 2. The van der Waals surface area contributed by atoms with Crippen LogP contribution in [0.1, 0.15) is 5.69 Å². The van der Waals surface area contributed by atoms with Gasteiger partial charge in [-0.15, -0.1) is 0 Å². The van der Waals surface area contributed by atoms with Gasteiger partial charge < -0.3 is 30.2 Å². The van der Waals surface area contributed by atoms with Crippen LogP contribution in [0.4, 0.5) is 24.7 Å². The van der Waals surface area contributed by atoms with Gasteiger partial charge in [0.1, 0.15) is 22.8 Å². The Morgan fingerprint density at radius 2 is 1.85 bits per heavy atom. The molecule has 0 spiro atoms. The van der Waals surface area contributed by atoms with Gasteiger partial charge in [-0.3, -0.25) is 4.98 Å². The van der Waals surface area contributed by atoms with E-state index in [4.69, 9.17) is 14.9 Å². The lowest BCUT2D eigenvalue weighted by Crippen LogP contribution is -2.39. The Bertz CT molecular complexity index is 1180. The number of pyridine rings is 1. The molecule has 0 saturated heterocycles. The molecule has 0 aliphatic heterocycles. The smallest absolute Gasteiger partial charge is 0.416 e. The van der Waals surface area contributed by atoms with Gasteiger partial charge in [0.15, 0.2) is 11.8 Å². The Balaban J connectivity index is 2.15. The molecule has 1 unspecified atom stereocenters. The zero-order valence-electron chi connectivity index (χ0n) is 18.6. The third-order valence-electron chi connectivity index (χ3n) is 4.80. The zero-order chi connectivity index (χ0) is 24.9. The summed E-state index contributed by atoms with van der Waals surface area (Å²) in [6.45, 7) is -0.836. The second-order valence-electron chi connectivity index (χ2n) is 7.04. The summed E-state index contributed by atoms with van der Waals surface area (Å²) in [6.07, 6.45) is -3.38. The Morgan fingerprint density at radius 3 is 2.41 bits per heavy atom. The first-order chi connectivity index (χ1) is 16.2. The van der Waals surface area contributed by atoms with Crippen LogP contribution in [-0.4, -0.2) is 66.4 Å². The highest BCUT2D eigenvalue weighted by Crippen LogP contribution is 2.34. The highest BCUT2D eigenvalue weighted by molar-refractivity contribution is 6.07. The highest BCUT2D eigenvalue weighted by atomic mass is 19.4. The van der Waals surface area contributed by atoms with Crippen LogP contribution in [0.15, 0.2) is 42.7 Å². The molecule has 34 heavy (non-hydrogen) atoms. The maximum Gasteiger partial charge on any atom is 0.416 e. The van der Waals surface area contributed by atoms with E-state index in [0.29, 0.717) is 28.3 Å². The van der Waals surface area contributed by atoms with E-state index in [2.05, 4.69) is 20.3 Å². The Hall–Kier alpha value is -3.93. The van der Waals surface area contributed by atoms with Gasteiger partial charge in [0.05, 0.1) is 32.7 Å². The van der Waals surface area contributed by atoms with Crippen LogP contribution in [0.5, 0.6) is 11.5 Å². The van der Waals surface area contributed by atoms with Gasteiger partial charge in [-0.2, -0.15) is 13.2 Å². The van der Waals surface area contributed by atoms with E-state index in [1.54, 1.807) is 25.4 Å². The standard InChI is InChI=1S/C22H23F3N6O3/c1-27-10-13(9-26)18-11-28-17-4-5-20(30-21(17)29-18)31(12-19(32)22(23,24)25)14-6-15(33-2)8-16(7-14)34-3/h4-11,19,26-27,32H,12H2,1-3H3/b13-10+,26-9?. The number of allylic oxidation sites excluding steroid dienone is 1. The number of rotatable bonds is 9. The van der Waals surface area contributed by atoms with Crippen molar-refractivity contribution in [3.8, 4) is 11.5 Å². The predicted molar refractivity (Wildman–Crippen MR) is 122 cm³/mol. The molecule has 3 N–H and O–H groups in total. The summed E-state index contributed by atoms with van der Waals surface area (Å²) in [5.74, 6) is 0.777. The number of fused-ring (bicyclic) bond motifs is 1. The molecular weight excluding hydrogens is 453 g/mol. The van der Waals surface area contributed by atoms with Crippen LogP contribution in [0, 0.1) is 5.41 Å². The second kappa shape index (κ2) is 10.3. The molecule has 1 aromatic carbocycles. The van der Waals surface area contributed by atoms with E-state index < -0.39 is 18.8 Å². The number of anilines is 2. The fourth-order valence-electron chi connectivity index (χ4n) is 3.08. The molecule has 0 radical (unpaired) electrons. The second-order valence-corrected chi connectivity index (χ2v) is 7.04. The first-order valence-corrected chi connectivity index (χ1v) is 9.97. The lowest BCUT2D eigenvalue weighted by Gasteiger charge is -2.28. The molecule has 1 atom stereocenters. The fourth-order valence-corrected chi connectivity index (χ4v) is 3.08. The van der Waals surface area contributed by atoms with E-state index in [-0.39, 0.29) is 17.2 Å². The molecule has 0 saturated carbocycles. The van der Waals surface area contributed by atoms with Crippen molar-refractivity contribution in [1.29, 1.82) is 5.41 Å². The number of alkyl halides is 3. The summed E-state index contributed by atoms with van der Waals surface area (Å²) in [5.41, 5.74) is 1.60. The molecule has 12 heteroatoms. The van der Waals surface area contributed by atoms with Crippen molar-refractivity contribution < 1.29 is 27.8 Å². The number of aliphatic hydroxyl groups is 1. The van der Waals surface area contributed by atoms with E-state index in [0.717, 1.165) is 6.21 Å². The fraction of sp³-hybridized carbons (Fsp3) is 0.273. The minimum Gasteiger partial charge on any atom is -0.497 e. The zero-order valence-corrected chi connectivity index (χ0v) is 18.6. The van der Waals surface area contributed by atoms with Crippen LogP contribution in [0.25, 0.3) is 16.7 Å². The van der Waals surface area contributed by atoms with Gasteiger partial charge in [0.25, 0.3) is 0 Å². The molecule has 3 rings (SSSR count). The normalized spacial score (nSPS) is 12.9. The predicted octanol–water partition coefficient (Wildman–Crippen LogP) is 3.31. The van der Waals surface area contributed by atoms with Crippen LogP contribution >= 0.6 is 0 Å². The number of aromatic nitrogens is 3. The summed E-state index contributed by atoms with van der Waals surface area (Å²) in [6, 6.07) is 7.61. The van der Waals surface area contributed by atoms with E-state index in [9.17, 15) is 18.3 Å². The highest BCUT2D eigenvalue weighted by Gasteiger charge is 2.40. The summed E-state index contributed by atoms with van der Waals surface area (Å²) in [7, 11) is 4.50. The van der Waals surface area contributed by atoms with Crippen molar-refractivity contribution in [3.63, 3.8) is 0 Å². The molecule has 2 aromatic heterocycles. The minimum absolute atomic E-state index is 0.0894. The van der Waals surface area contributed by atoms with Crippen molar-refractivity contribution in [3.05, 3.63) is 48.4 Å². The van der Waals surface area contributed by atoms with E-state index >= 15 is 0 Å². The molecule has 2 heterocycles. The van der Waals surface area contributed by atoms with Crippen LogP contribution in [0.2, 0.25) is 0 Å². The number of methoxy groups -OCH3 is 2. The van der Waals surface area contributed by atoms with Crippen molar-refractivity contribution in [1.82, 2.24) is 20.3 Å². The number of nitrogens with zero attached hydrogens (tertiary/aromatic N) is 4. The lowest BCUT2D eigenvalue weighted by atomic mass is 10.2. The third-order valence-corrected chi connectivity index (χ3v) is 4.80. The minimum atomic E-state index is -4.85. The van der Waals surface area contributed by atoms with E-state index in [1.807, 2.05) is 0 Å². The Labute approximate surface area is 193 Å². The third kappa shape index (κ3) is 5.52. The molecular formula is C22H23F3N6O3. The maximum absolute atomic E-state index is 13.2. The molecule has 9 nitrogen and oxygen atoms in total. The number of hydrogen-bond acceptors (Lipinski definition) is 9. The molecule has 0 aliphatic rings. The molecule has 0 amide bonds. The molecule has 3 aromatic rings. The van der Waals surface area contributed by atoms with Gasteiger partial charge in [0.2, 0.25) is 0 Å². The Kier molecular flexibility index (Phi) is 7.51. The first kappa shape index (κ1) is 24.7. The van der Waals surface area contributed by atoms with Gasteiger partial charge in [-0.1, -0.05) is 0 Å². The van der Waals surface area contributed by atoms with Gasteiger partial charge in [0, 0.05) is 48.9 Å². The lowest BCUT2D eigenvalue weighted by molar-refractivity contribution is -0.199. The molecule has 180 valence electrons. The van der Waals surface area contributed by atoms with Crippen molar-refractivity contribution >= 4 is 34.5 Å². The quantitative estimate of drug-likeness (QED) is 0.403.